The lowest BCUT2D eigenvalue weighted by Gasteiger charge is -2.18. The Morgan fingerprint density at radius 3 is 2.89 bits per heavy atom. The van der Waals surface area contributed by atoms with Gasteiger partial charge >= 0.3 is 0 Å². The second kappa shape index (κ2) is 5.59. The monoisotopic (exact) mass is 323 g/mol. The number of β-amino-alcohol motifs (C(OH)–C–C–N with tert-alkyl or cyclic N) is 1. The van der Waals surface area contributed by atoms with E-state index in [0.717, 1.165) is 10.2 Å². The maximum Gasteiger partial charge on any atom is 0.217 e. The van der Waals surface area contributed by atoms with Gasteiger partial charge in [-0.2, -0.15) is 5.26 Å². The Kier molecular flexibility index (Phi) is 4.08. The molecule has 1 saturated heterocycles. The zero-order chi connectivity index (χ0) is 14.0. The molecule has 0 saturated carbocycles. The van der Waals surface area contributed by atoms with Crippen LogP contribution >= 0.6 is 15.9 Å². The Morgan fingerprint density at radius 2 is 2.32 bits per heavy atom. The highest BCUT2D eigenvalue weighted by molar-refractivity contribution is 9.10. The van der Waals surface area contributed by atoms with E-state index in [-0.39, 0.29) is 12.3 Å². The normalized spacial score (nSPS) is 22.3. The van der Waals surface area contributed by atoms with Crippen LogP contribution < -0.4 is 10.6 Å². The summed E-state index contributed by atoms with van der Waals surface area (Å²) < 4.78 is 0.723. The van der Waals surface area contributed by atoms with E-state index in [4.69, 9.17) is 11.0 Å². The van der Waals surface area contributed by atoms with Gasteiger partial charge in [0.25, 0.3) is 0 Å². The minimum absolute atomic E-state index is 0.132. The third kappa shape index (κ3) is 3.06. The van der Waals surface area contributed by atoms with Crippen molar-refractivity contribution in [2.75, 3.05) is 18.0 Å². The molecule has 0 unspecified atom stereocenters. The Balaban J connectivity index is 2.14. The molecule has 3 N–H and O–H groups in total. The molecule has 100 valence electrons. The molecule has 0 radical (unpaired) electrons. The second-order valence-electron chi connectivity index (χ2n) is 4.68. The van der Waals surface area contributed by atoms with Crippen molar-refractivity contribution < 1.29 is 9.90 Å². The zero-order valence-electron chi connectivity index (χ0n) is 10.2. The number of halogens is 1. The fourth-order valence-electron chi connectivity index (χ4n) is 2.32. The molecule has 1 aromatic rings. The number of rotatable bonds is 3. The van der Waals surface area contributed by atoms with Gasteiger partial charge in [-0.05, 0) is 34.1 Å². The molecule has 0 aliphatic carbocycles. The number of benzene rings is 1. The Labute approximate surface area is 119 Å². The van der Waals surface area contributed by atoms with Gasteiger partial charge in [-0.15, -0.1) is 0 Å². The Bertz CT molecular complexity index is 541. The SMILES string of the molecule is N#Cc1ccc(N2C[C@@H](CC(N)=O)[C@H](O)C2)cc1Br. The van der Waals surface area contributed by atoms with E-state index in [9.17, 15) is 9.90 Å². The molecule has 2 atom stereocenters. The predicted octanol–water partition coefficient (Wildman–Crippen LogP) is 0.993. The molecule has 1 aliphatic heterocycles. The van der Waals surface area contributed by atoms with E-state index < -0.39 is 12.0 Å². The Hall–Kier alpha value is -1.58. The number of nitriles is 1. The lowest BCUT2D eigenvalue weighted by Crippen LogP contribution is -2.24. The minimum Gasteiger partial charge on any atom is -0.391 e. The number of aliphatic hydroxyl groups is 1. The fraction of sp³-hybridized carbons (Fsp3) is 0.385. The van der Waals surface area contributed by atoms with Gasteiger partial charge in [0.2, 0.25) is 5.91 Å². The van der Waals surface area contributed by atoms with Crippen LogP contribution in [0.4, 0.5) is 5.69 Å². The average Bonchev–Trinajstić information content (AvgIpc) is 2.70. The van der Waals surface area contributed by atoms with Crippen molar-refractivity contribution in [3.8, 4) is 6.07 Å². The Morgan fingerprint density at radius 1 is 1.58 bits per heavy atom. The smallest absolute Gasteiger partial charge is 0.217 e. The summed E-state index contributed by atoms with van der Waals surface area (Å²) in [6.45, 7) is 1.05. The molecular formula is C13H14BrN3O2. The predicted molar refractivity (Wildman–Crippen MR) is 74.4 cm³/mol. The summed E-state index contributed by atoms with van der Waals surface area (Å²) in [5, 5.41) is 18.8. The molecule has 5 nitrogen and oxygen atoms in total. The molecule has 1 aliphatic rings. The van der Waals surface area contributed by atoms with E-state index in [1.807, 2.05) is 17.0 Å². The van der Waals surface area contributed by atoms with E-state index >= 15 is 0 Å². The summed E-state index contributed by atoms with van der Waals surface area (Å²) >= 11 is 3.34. The molecule has 1 amide bonds. The van der Waals surface area contributed by atoms with Crippen LogP contribution in [0.1, 0.15) is 12.0 Å². The van der Waals surface area contributed by atoms with E-state index in [2.05, 4.69) is 22.0 Å². The summed E-state index contributed by atoms with van der Waals surface area (Å²) in [5.74, 6) is -0.529. The van der Waals surface area contributed by atoms with E-state index in [1.165, 1.54) is 0 Å². The van der Waals surface area contributed by atoms with Gasteiger partial charge in [0.1, 0.15) is 6.07 Å². The first-order valence-electron chi connectivity index (χ1n) is 5.92. The number of nitrogens with two attached hydrogens (primary N) is 1. The van der Waals surface area contributed by atoms with E-state index in [0.29, 0.717) is 18.7 Å². The number of anilines is 1. The standard InChI is InChI=1S/C13H14BrN3O2/c14-11-4-10(2-1-8(11)5-15)17-6-9(3-13(16)19)12(18)7-17/h1-2,4,9,12,18H,3,6-7H2,(H2,16,19)/t9-,12-/m1/s1. The van der Waals surface area contributed by atoms with Gasteiger partial charge in [-0.25, -0.2) is 0 Å². The molecule has 1 aromatic carbocycles. The van der Waals surface area contributed by atoms with Crippen LogP contribution in [0.25, 0.3) is 0 Å². The summed E-state index contributed by atoms with van der Waals surface area (Å²) in [6, 6.07) is 7.49. The van der Waals surface area contributed by atoms with Crippen LogP contribution in [-0.4, -0.2) is 30.2 Å². The van der Waals surface area contributed by atoms with Crippen molar-refractivity contribution in [3.63, 3.8) is 0 Å². The number of carbonyl (C=O) groups excluding carboxylic acids is 1. The highest BCUT2D eigenvalue weighted by Gasteiger charge is 2.32. The van der Waals surface area contributed by atoms with Crippen LogP contribution in [0.3, 0.4) is 0 Å². The van der Waals surface area contributed by atoms with Crippen LogP contribution in [0.5, 0.6) is 0 Å². The number of carbonyl (C=O) groups is 1. The summed E-state index contributed by atoms with van der Waals surface area (Å²) in [7, 11) is 0. The van der Waals surface area contributed by atoms with Gasteiger partial charge in [-0.3, -0.25) is 4.79 Å². The van der Waals surface area contributed by atoms with Crippen LogP contribution in [-0.2, 0) is 4.79 Å². The fourth-order valence-corrected chi connectivity index (χ4v) is 2.77. The summed E-state index contributed by atoms with van der Waals surface area (Å²) in [5.41, 5.74) is 6.65. The molecule has 1 heterocycles. The van der Waals surface area contributed by atoms with Crippen LogP contribution in [0.2, 0.25) is 0 Å². The maximum atomic E-state index is 10.9. The second-order valence-corrected chi connectivity index (χ2v) is 5.53. The number of nitrogens with zero attached hydrogens (tertiary/aromatic N) is 2. The van der Waals surface area contributed by atoms with Crippen molar-refractivity contribution in [2.45, 2.75) is 12.5 Å². The van der Waals surface area contributed by atoms with Crippen molar-refractivity contribution in [1.29, 1.82) is 5.26 Å². The topological polar surface area (TPSA) is 90.4 Å². The number of hydrogen-bond acceptors (Lipinski definition) is 4. The molecular weight excluding hydrogens is 310 g/mol. The molecule has 0 spiro atoms. The van der Waals surface area contributed by atoms with Crippen molar-refractivity contribution in [1.82, 2.24) is 0 Å². The minimum atomic E-state index is -0.554. The van der Waals surface area contributed by atoms with Gasteiger partial charge in [0, 0.05) is 35.6 Å². The van der Waals surface area contributed by atoms with Gasteiger partial charge in [0.15, 0.2) is 0 Å². The van der Waals surface area contributed by atoms with Gasteiger partial charge < -0.3 is 15.7 Å². The third-order valence-electron chi connectivity index (χ3n) is 3.31. The maximum absolute atomic E-state index is 10.9. The van der Waals surface area contributed by atoms with E-state index in [1.54, 1.807) is 6.07 Å². The lowest BCUT2D eigenvalue weighted by molar-refractivity contribution is -0.119. The highest BCUT2D eigenvalue weighted by Crippen LogP contribution is 2.29. The van der Waals surface area contributed by atoms with Crippen molar-refractivity contribution in [3.05, 3.63) is 28.2 Å². The summed E-state index contributed by atoms with van der Waals surface area (Å²) in [6.07, 6.45) is -0.364. The van der Waals surface area contributed by atoms with Crippen molar-refractivity contribution in [2.24, 2.45) is 11.7 Å². The molecule has 1 fully saturated rings. The zero-order valence-corrected chi connectivity index (χ0v) is 11.8. The lowest BCUT2D eigenvalue weighted by atomic mass is 10.0. The number of hydrogen-bond donors (Lipinski definition) is 2. The van der Waals surface area contributed by atoms with Crippen molar-refractivity contribution >= 4 is 27.5 Å². The van der Waals surface area contributed by atoms with Crippen LogP contribution in [0, 0.1) is 17.2 Å². The first-order chi connectivity index (χ1) is 9.01. The largest absolute Gasteiger partial charge is 0.391 e. The average molecular weight is 324 g/mol. The molecule has 0 aromatic heterocycles. The summed E-state index contributed by atoms with van der Waals surface area (Å²) in [4.78, 5) is 12.9. The highest BCUT2D eigenvalue weighted by atomic mass is 79.9. The molecule has 2 rings (SSSR count). The van der Waals surface area contributed by atoms with Crippen LogP contribution in [0.15, 0.2) is 22.7 Å². The van der Waals surface area contributed by atoms with Gasteiger partial charge in [0.05, 0.1) is 11.7 Å². The number of primary amides is 1. The number of amides is 1. The third-order valence-corrected chi connectivity index (χ3v) is 3.96. The molecule has 6 heteroatoms. The quantitative estimate of drug-likeness (QED) is 0.868. The molecule has 0 bridgehead atoms. The molecule has 19 heavy (non-hydrogen) atoms. The number of aliphatic hydroxyl groups excluding tert-OH is 1. The first kappa shape index (κ1) is 13.8. The first-order valence-corrected chi connectivity index (χ1v) is 6.71. The van der Waals surface area contributed by atoms with Gasteiger partial charge in [-0.1, -0.05) is 0 Å².